The van der Waals surface area contributed by atoms with Crippen LogP contribution in [0.3, 0.4) is 0 Å². The molecule has 3 rings (SSSR count). The summed E-state index contributed by atoms with van der Waals surface area (Å²) in [6, 6.07) is 4.53. The van der Waals surface area contributed by atoms with E-state index in [1.807, 2.05) is 11.3 Å². The van der Waals surface area contributed by atoms with Gasteiger partial charge in [0.25, 0.3) is 0 Å². The SMILES string of the molecule is Cc1ccc(CN2CCNC(C)(C3CC3)C2)s1. The Kier molecular flexibility index (Phi) is 3.01. The fourth-order valence-electron chi connectivity index (χ4n) is 3.02. The Labute approximate surface area is 108 Å². The molecule has 2 heterocycles. The summed E-state index contributed by atoms with van der Waals surface area (Å²) in [5.41, 5.74) is 0.380. The zero-order valence-electron chi connectivity index (χ0n) is 10.8. The molecule has 17 heavy (non-hydrogen) atoms. The molecule has 0 bridgehead atoms. The third-order valence-corrected chi connectivity index (χ3v) is 5.15. The molecule has 1 saturated heterocycles. The lowest BCUT2D eigenvalue weighted by atomic mass is 9.93. The zero-order valence-corrected chi connectivity index (χ0v) is 11.6. The van der Waals surface area contributed by atoms with Crippen LogP contribution in [0.4, 0.5) is 0 Å². The minimum Gasteiger partial charge on any atom is -0.309 e. The number of hydrogen-bond acceptors (Lipinski definition) is 3. The third kappa shape index (κ3) is 2.56. The highest BCUT2D eigenvalue weighted by Crippen LogP contribution is 2.40. The predicted molar refractivity (Wildman–Crippen MR) is 73.5 cm³/mol. The van der Waals surface area contributed by atoms with Crippen molar-refractivity contribution in [2.45, 2.75) is 38.8 Å². The Hall–Kier alpha value is -0.380. The standard InChI is InChI=1S/C14H22N2S/c1-11-3-6-13(17-11)9-16-8-7-15-14(2,10-16)12-4-5-12/h3,6,12,15H,4-5,7-10H2,1-2H3. The summed E-state index contributed by atoms with van der Waals surface area (Å²) in [5.74, 6) is 0.926. The van der Waals surface area contributed by atoms with E-state index < -0.39 is 0 Å². The van der Waals surface area contributed by atoms with Gasteiger partial charge in [-0.05, 0) is 44.7 Å². The first kappa shape index (κ1) is 11.7. The second-order valence-corrected chi connectivity index (χ2v) is 7.21. The highest BCUT2D eigenvalue weighted by Gasteiger charge is 2.43. The van der Waals surface area contributed by atoms with E-state index in [1.165, 1.54) is 35.7 Å². The molecule has 1 unspecified atom stereocenters. The van der Waals surface area contributed by atoms with Crippen LogP contribution in [0.2, 0.25) is 0 Å². The van der Waals surface area contributed by atoms with Crippen molar-refractivity contribution < 1.29 is 0 Å². The molecule has 2 nitrogen and oxygen atoms in total. The maximum Gasteiger partial charge on any atom is 0.0329 e. The van der Waals surface area contributed by atoms with E-state index in [2.05, 4.69) is 36.2 Å². The summed E-state index contributed by atoms with van der Waals surface area (Å²) in [6.07, 6.45) is 2.85. The Morgan fingerprint density at radius 2 is 2.29 bits per heavy atom. The van der Waals surface area contributed by atoms with E-state index >= 15 is 0 Å². The molecule has 0 spiro atoms. The largest absolute Gasteiger partial charge is 0.309 e. The van der Waals surface area contributed by atoms with Crippen LogP contribution in [0.25, 0.3) is 0 Å². The lowest BCUT2D eigenvalue weighted by Crippen LogP contribution is -2.59. The van der Waals surface area contributed by atoms with Gasteiger partial charge in [0.15, 0.2) is 0 Å². The van der Waals surface area contributed by atoms with Gasteiger partial charge in [-0.3, -0.25) is 4.90 Å². The second-order valence-electron chi connectivity index (χ2n) is 5.84. The number of nitrogens with zero attached hydrogens (tertiary/aromatic N) is 1. The monoisotopic (exact) mass is 250 g/mol. The fourth-order valence-corrected chi connectivity index (χ4v) is 3.95. The minimum absolute atomic E-state index is 0.380. The van der Waals surface area contributed by atoms with Gasteiger partial charge < -0.3 is 5.32 Å². The molecule has 0 amide bonds. The molecule has 0 aromatic carbocycles. The second kappa shape index (κ2) is 4.38. The summed E-state index contributed by atoms with van der Waals surface area (Å²) >= 11 is 1.94. The topological polar surface area (TPSA) is 15.3 Å². The Morgan fingerprint density at radius 1 is 1.47 bits per heavy atom. The van der Waals surface area contributed by atoms with Gasteiger partial charge in [0.2, 0.25) is 0 Å². The molecular weight excluding hydrogens is 228 g/mol. The molecule has 1 aliphatic carbocycles. The summed E-state index contributed by atoms with van der Waals surface area (Å²) < 4.78 is 0. The van der Waals surface area contributed by atoms with Crippen LogP contribution in [0.1, 0.15) is 29.5 Å². The number of hydrogen-bond donors (Lipinski definition) is 1. The van der Waals surface area contributed by atoms with Gasteiger partial charge in [-0.15, -0.1) is 11.3 Å². The van der Waals surface area contributed by atoms with Gasteiger partial charge in [-0.2, -0.15) is 0 Å². The first-order valence-electron chi connectivity index (χ1n) is 6.68. The van der Waals surface area contributed by atoms with Crippen molar-refractivity contribution in [3.63, 3.8) is 0 Å². The predicted octanol–water partition coefficient (Wildman–Crippen LogP) is 2.63. The van der Waals surface area contributed by atoms with Crippen molar-refractivity contribution in [1.29, 1.82) is 0 Å². The van der Waals surface area contributed by atoms with Crippen LogP contribution in [-0.4, -0.2) is 30.1 Å². The van der Waals surface area contributed by atoms with E-state index in [4.69, 9.17) is 0 Å². The van der Waals surface area contributed by atoms with Gasteiger partial charge in [0.05, 0.1) is 0 Å². The Morgan fingerprint density at radius 3 is 2.94 bits per heavy atom. The fraction of sp³-hybridized carbons (Fsp3) is 0.714. The highest BCUT2D eigenvalue weighted by atomic mass is 32.1. The molecule has 1 atom stereocenters. The molecule has 2 fully saturated rings. The van der Waals surface area contributed by atoms with Crippen LogP contribution in [0.15, 0.2) is 12.1 Å². The van der Waals surface area contributed by atoms with E-state index in [-0.39, 0.29) is 0 Å². The molecule has 1 N–H and O–H groups in total. The average Bonchev–Trinajstić information content (AvgIpc) is 3.05. The Balaban J connectivity index is 1.63. The highest BCUT2D eigenvalue weighted by molar-refractivity contribution is 7.11. The molecule has 0 radical (unpaired) electrons. The summed E-state index contributed by atoms with van der Waals surface area (Å²) in [7, 11) is 0. The number of nitrogens with one attached hydrogen (secondary N) is 1. The summed E-state index contributed by atoms with van der Waals surface area (Å²) in [5, 5.41) is 3.74. The third-order valence-electron chi connectivity index (χ3n) is 4.16. The van der Waals surface area contributed by atoms with Gasteiger partial charge in [-0.1, -0.05) is 0 Å². The van der Waals surface area contributed by atoms with Gasteiger partial charge in [-0.25, -0.2) is 0 Å². The quantitative estimate of drug-likeness (QED) is 0.887. The van der Waals surface area contributed by atoms with Crippen LogP contribution >= 0.6 is 11.3 Å². The molecular formula is C14H22N2S. The first-order chi connectivity index (χ1) is 8.16. The first-order valence-corrected chi connectivity index (χ1v) is 7.50. The normalized spacial score (nSPS) is 30.7. The lowest BCUT2D eigenvalue weighted by Gasteiger charge is -2.42. The smallest absolute Gasteiger partial charge is 0.0329 e. The lowest BCUT2D eigenvalue weighted by molar-refractivity contribution is 0.122. The van der Waals surface area contributed by atoms with Gasteiger partial charge in [0, 0.05) is 41.5 Å². The summed E-state index contributed by atoms with van der Waals surface area (Å²) in [6.45, 7) is 9.31. The van der Waals surface area contributed by atoms with Gasteiger partial charge >= 0.3 is 0 Å². The van der Waals surface area contributed by atoms with E-state index in [0.717, 1.165) is 19.0 Å². The van der Waals surface area contributed by atoms with Crippen molar-refractivity contribution >= 4 is 11.3 Å². The maximum absolute atomic E-state index is 3.74. The minimum atomic E-state index is 0.380. The van der Waals surface area contributed by atoms with E-state index in [9.17, 15) is 0 Å². The number of aryl methyl sites for hydroxylation is 1. The molecule has 1 saturated carbocycles. The van der Waals surface area contributed by atoms with Gasteiger partial charge in [0.1, 0.15) is 0 Å². The van der Waals surface area contributed by atoms with Crippen LogP contribution < -0.4 is 5.32 Å². The van der Waals surface area contributed by atoms with E-state index in [1.54, 1.807) is 0 Å². The molecule has 1 aromatic heterocycles. The van der Waals surface area contributed by atoms with Crippen molar-refractivity contribution in [2.75, 3.05) is 19.6 Å². The van der Waals surface area contributed by atoms with Crippen molar-refractivity contribution in [3.05, 3.63) is 21.9 Å². The molecule has 3 heteroatoms. The van der Waals surface area contributed by atoms with Crippen LogP contribution in [0.5, 0.6) is 0 Å². The number of rotatable bonds is 3. The molecule has 1 aliphatic heterocycles. The van der Waals surface area contributed by atoms with Crippen molar-refractivity contribution in [3.8, 4) is 0 Å². The van der Waals surface area contributed by atoms with Crippen LogP contribution in [-0.2, 0) is 6.54 Å². The maximum atomic E-state index is 3.74. The van der Waals surface area contributed by atoms with Crippen LogP contribution in [0, 0.1) is 12.8 Å². The van der Waals surface area contributed by atoms with Crippen molar-refractivity contribution in [2.24, 2.45) is 5.92 Å². The molecule has 2 aliphatic rings. The number of thiophene rings is 1. The number of piperazine rings is 1. The molecule has 94 valence electrons. The zero-order chi connectivity index (χ0) is 11.9. The van der Waals surface area contributed by atoms with Crippen molar-refractivity contribution in [1.82, 2.24) is 10.2 Å². The molecule has 1 aromatic rings. The Bertz CT molecular complexity index is 397. The van der Waals surface area contributed by atoms with E-state index in [0.29, 0.717) is 5.54 Å². The average molecular weight is 250 g/mol. The summed E-state index contributed by atoms with van der Waals surface area (Å²) in [4.78, 5) is 5.57.